The van der Waals surface area contributed by atoms with Gasteiger partial charge in [0.1, 0.15) is 11.0 Å². The van der Waals surface area contributed by atoms with Gasteiger partial charge in [-0.25, -0.2) is 4.98 Å². The van der Waals surface area contributed by atoms with Crippen LogP contribution in [0.2, 0.25) is 0 Å². The Morgan fingerprint density at radius 1 is 1.26 bits per heavy atom. The van der Waals surface area contributed by atoms with E-state index < -0.39 is 0 Å². The molecule has 2 aliphatic heterocycles. The summed E-state index contributed by atoms with van der Waals surface area (Å²) >= 11 is 1.55. The molecule has 0 N–H and O–H groups in total. The van der Waals surface area contributed by atoms with Gasteiger partial charge in [-0.15, -0.1) is 5.10 Å². The number of ether oxygens (including phenoxy) is 1. The maximum atomic E-state index is 13.2. The average Bonchev–Trinajstić information content (AvgIpc) is 3.23. The van der Waals surface area contributed by atoms with E-state index >= 15 is 0 Å². The van der Waals surface area contributed by atoms with Crippen LogP contribution < -0.4 is 4.74 Å². The number of thioether (sulfide) groups is 1. The molecule has 3 heterocycles. The standard InChI is InChI=1S/C20H26N4O2S/c1-4-16-21-20-24(22-16)19(25)18(27-20)17(23-11-9-13(2)10-12-23)14-5-7-15(26-3)8-6-14/h5-8,13,17-18H,4,9-12H2,1-3H3. The molecule has 0 bridgehead atoms. The van der Waals surface area contributed by atoms with E-state index in [-0.39, 0.29) is 17.2 Å². The normalized spacial score (nSPS) is 22.0. The molecule has 1 aromatic heterocycles. The van der Waals surface area contributed by atoms with Crippen LogP contribution in [0.3, 0.4) is 0 Å². The van der Waals surface area contributed by atoms with Crippen molar-refractivity contribution in [1.82, 2.24) is 19.7 Å². The SMILES string of the molecule is CCc1nc2n(n1)C(=O)C(C(c1ccc(OC)cc1)N1CCC(C)CC1)S2. The first-order valence-electron chi connectivity index (χ1n) is 9.65. The number of hydrogen-bond acceptors (Lipinski definition) is 6. The highest BCUT2D eigenvalue weighted by atomic mass is 32.2. The molecule has 0 radical (unpaired) electrons. The molecule has 2 aromatic rings. The van der Waals surface area contributed by atoms with Crippen molar-refractivity contribution >= 4 is 17.7 Å². The third-order valence-electron chi connectivity index (χ3n) is 5.58. The third kappa shape index (κ3) is 3.50. The third-order valence-corrected chi connectivity index (χ3v) is 6.77. The van der Waals surface area contributed by atoms with E-state index in [0.717, 1.165) is 47.7 Å². The van der Waals surface area contributed by atoms with Crippen LogP contribution in [0.25, 0.3) is 0 Å². The molecule has 2 atom stereocenters. The van der Waals surface area contributed by atoms with Crippen LogP contribution >= 0.6 is 11.8 Å². The van der Waals surface area contributed by atoms with Crippen molar-refractivity contribution < 1.29 is 9.53 Å². The predicted octanol–water partition coefficient (Wildman–Crippen LogP) is 3.44. The number of fused-ring (bicyclic) bond motifs is 1. The first kappa shape index (κ1) is 18.5. The Bertz CT molecular complexity index is 812. The largest absolute Gasteiger partial charge is 0.497 e. The van der Waals surface area contributed by atoms with Crippen LogP contribution in [0.1, 0.15) is 48.9 Å². The van der Waals surface area contributed by atoms with Crippen LogP contribution in [-0.4, -0.2) is 51.0 Å². The Balaban J connectivity index is 1.65. The molecule has 144 valence electrons. The van der Waals surface area contributed by atoms with Crippen LogP contribution in [0.5, 0.6) is 5.75 Å². The van der Waals surface area contributed by atoms with E-state index in [4.69, 9.17) is 4.74 Å². The van der Waals surface area contributed by atoms with Gasteiger partial charge in [-0.3, -0.25) is 9.69 Å². The molecule has 4 rings (SSSR count). The number of likely N-dealkylation sites (tertiary alicyclic amines) is 1. The fourth-order valence-electron chi connectivity index (χ4n) is 3.88. The lowest BCUT2D eigenvalue weighted by atomic mass is 9.94. The van der Waals surface area contributed by atoms with E-state index in [2.05, 4.69) is 34.0 Å². The number of nitrogens with zero attached hydrogens (tertiary/aromatic N) is 4. The molecule has 1 aromatic carbocycles. The number of benzene rings is 1. The van der Waals surface area contributed by atoms with Crippen molar-refractivity contribution in [2.24, 2.45) is 5.92 Å². The summed E-state index contributed by atoms with van der Waals surface area (Å²) in [5, 5.41) is 4.91. The van der Waals surface area contributed by atoms with Crippen molar-refractivity contribution in [2.75, 3.05) is 20.2 Å². The van der Waals surface area contributed by atoms with Crippen molar-refractivity contribution in [2.45, 2.75) is 49.6 Å². The molecule has 7 heteroatoms. The maximum absolute atomic E-state index is 13.2. The van der Waals surface area contributed by atoms with Crippen LogP contribution in [-0.2, 0) is 6.42 Å². The van der Waals surface area contributed by atoms with Crippen molar-refractivity contribution in [3.8, 4) is 5.75 Å². The molecule has 0 aliphatic carbocycles. The van der Waals surface area contributed by atoms with E-state index in [9.17, 15) is 4.79 Å². The lowest BCUT2D eigenvalue weighted by molar-refractivity contribution is 0.0799. The summed E-state index contributed by atoms with van der Waals surface area (Å²) < 4.78 is 6.82. The van der Waals surface area contributed by atoms with Gasteiger partial charge in [0.05, 0.1) is 13.2 Å². The van der Waals surface area contributed by atoms with Crippen molar-refractivity contribution in [3.05, 3.63) is 35.7 Å². The first-order chi connectivity index (χ1) is 13.1. The summed E-state index contributed by atoms with van der Waals surface area (Å²) in [4.78, 5) is 20.1. The summed E-state index contributed by atoms with van der Waals surface area (Å²) in [6.45, 7) is 6.34. The lowest BCUT2D eigenvalue weighted by Gasteiger charge is -2.38. The monoisotopic (exact) mass is 386 g/mol. The predicted molar refractivity (Wildman–Crippen MR) is 105 cm³/mol. The Labute approximate surface area is 164 Å². The molecule has 1 fully saturated rings. The topological polar surface area (TPSA) is 60.3 Å². The van der Waals surface area contributed by atoms with Crippen LogP contribution in [0.15, 0.2) is 29.4 Å². The van der Waals surface area contributed by atoms with E-state index in [1.165, 1.54) is 17.5 Å². The molecule has 2 unspecified atom stereocenters. The van der Waals surface area contributed by atoms with Crippen molar-refractivity contribution in [3.63, 3.8) is 0 Å². The van der Waals surface area contributed by atoms with Gasteiger partial charge in [0, 0.05) is 6.42 Å². The summed E-state index contributed by atoms with van der Waals surface area (Å²) in [6.07, 6.45) is 3.08. The number of hydrogen-bond donors (Lipinski definition) is 0. The molecule has 0 saturated carbocycles. The molecule has 27 heavy (non-hydrogen) atoms. The average molecular weight is 387 g/mol. The summed E-state index contributed by atoms with van der Waals surface area (Å²) in [7, 11) is 1.67. The second kappa shape index (κ2) is 7.64. The Kier molecular flexibility index (Phi) is 5.23. The van der Waals surface area contributed by atoms with Crippen LogP contribution in [0.4, 0.5) is 0 Å². The van der Waals surface area contributed by atoms with Gasteiger partial charge in [-0.1, -0.05) is 37.7 Å². The summed E-state index contributed by atoms with van der Waals surface area (Å²) in [5.74, 6) is 2.35. The molecular formula is C20H26N4O2S. The number of carbonyl (C=O) groups excluding carboxylic acids is 1. The van der Waals surface area contributed by atoms with E-state index in [1.807, 2.05) is 19.1 Å². The highest BCUT2D eigenvalue weighted by molar-refractivity contribution is 8.00. The Morgan fingerprint density at radius 3 is 2.56 bits per heavy atom. The molecular weight excluding hydrogens is 360 g/mol. The minimum absolute atomic E-state index is 0.0227. The zero-order valence-corrected chi connectivity index (χ0v) is 16.9. The van der Waals surface area contributed by atoms with Crippen molar-refractivity contribution in [1.29, 1.82) is 0 Å². The van der Waals surface area contributed by atoms with Gasteiger partial charge < -0.3 is 4.74 Å². The van der Waals surface area contributed by atoms with Gasteiger partial charge in [-0.05, 0) is 49.5 Å². The highest BCUT2D eigenvalue weighted by Crippen LogP contribution is 2.42. The maximum Gasteiger partial charge on any atom is 0.264 e. The minimum Gasteiger partial charge on any atom is -0.497 e. The second-order valence-corrected chi connectivity index (χ2v) is 8.50. The molecule has 0 spiro atoms. The quantitative estimate of drug-likeness (QED) is 0.785. The number of aryl methyl sites for hydroxylation is 1. The summed E-state index contributed by atoms with van der Waals surface area (Å²) in [6, 6.07) is 8.15. The second-order valence-electron chi connectivity index (χ2n) is 7.39. The Hall–Kier alpha value is -1.86. The number of piperidine rings is 1. The molecule has 1 saturated heterocycles. The smallest absolute Gasteiger partial charge is 0.264 e. The number of rotatable bonds is 5. The molecule has 2 aliphatic rings. The van der Waals surface area contributed by atoms with Gasteiger partial charge in [0.2, 0.25) is 0 Å². The molecule has 6 nitrogen and oxygen atoms in total. The Morgan fingerprint density at radius 2 is 1.96 bits per heavy atom. The lowest BCUT2D eigenvalue weighted by Crippen LogP contribution is -2.42. The zero-order chi connectivity index (χ0) is 19.0. The number of carbonyl (C=O) groups is 1. The zero-order valence-electron chi connectivity index (χ0n) is 16.1. The van der Waals surface area contributed by atoms with Gasteiger partial charge in [0.25, 0.3) is 5.91 Å². The van der Waals surface area contributed by atoms with Crippen LogP contribution in [0, 0.1) is 5.92 Å². The van der Waals surface area contributed by atoms with Gasteiger partial charge in [0.15, 0.2) is 11.0 Å². The number of methoxy groups -OCH3 is 1. The highest BCUT2D eigenvalue weighted by Gasteiger charge is 2.43. The summed E-state index contributed by atoms with van der Waals surface area (Å²) in [5.41, 5.74) is 1.15. The molecule has 0 amide bonds. The van der Waals surface area contributed by atoms with E-state index in [1.54, 1.807) is 18.9 Å². The fraction of sp³-hybridized carbons (Fsp3) is 0.550. The van der Waals surface area contributed by atoms with Gasteiger partial charge in [-0.2, -0.15) is 4.68 Å². The van der Waals surface area contributed by atoms with E-state index in [0.29, 0.717) is 0 Å². The fourth-order valence-corrected chi connectivity index (χ4v) is 5.15. The first-order valence-corrected chi connectivity index (χ1v) is 10.5. The minimum atomic E-state index is -0.215. The number of aromatic nitrogens is 3. The van der Waals surface area contributed by atoms with Gasteiger partial charge >= 0.3 is 0 Å².